The van der Waals surface area contributed by atoms with Crippen LogP contribution < -0.4 is 10.1 Å². The van der Waals surface area contributed by atoms with E-state index in [0.29, 0.717) is 18.5 Å². The molecule has 0 radical (unpaired) electrons. The Labute approximate surface area is 138 Å². The lowest BCUT2D eigenvalue weighted by molar-refractivity contribution is -0.123. The van der Waals surface area contributed by atoms with Crippen molar-refractivity contribution in [3.05, 3.63) is 29.8 Å². The molecule has 3 aliphatic heterocycles. The summed E-state index contributed by atoms with van der Waals surface area (Å²) in [5.74, 6) is 1.20. The van der Waals surface area contributed by atoms with Crippen LogP contribution in [0, 0.1) is 0 Å². The summed E-state index contributed by atoms with van der Waals surface area (Å²) in [6.07, 6.45) is 0. The van der Waals surface area contributed by atoms with Crippen LogP contribution in [0.1, 0.15) is 25.3 Å². The number of hydrogen-bond donors (Lipinski definition) is 1. The van der Waals surface area contributed by atoms with E-state index in [9.17, 15) is 4.79 Å². The number of ether oxygens (including phenoxy) is 1. The van der Waals surface area contributed by atoms with Crippen LogP contribution in [0.15, 0.2) is 24.3 Å². The van der Waals surface area contributed by atoms with Gasteiger partial charge in [-0.1, -0.05) is 26.0 Å². The molecule has 1 aromatic carbocycles. The number of carbonyl (C=O) groups is 1. The molecule has 4 rings (SSSR count). The molecule has 1 N–H and O–H groups in total. The average Bonchev–Trinajstić information content (AvgIpc) is 2.59. The standard InChI is InChI=1S/C18H27N3O2/c1-14(2)15-3-5-17(6-4-15)23-13-18(22)19-11-16-12-20-7-9-21(16)10-8-20/h3-6,14,16H,7-13H2,1-2H3,(H,19,22). The van der Waals surface area contributed by atoms with Crippen molar-refractivity contribution in [2.75, 3.05) is 45.9 Å². The second-order valence-electron chi connectivity index (χ2n) is 6.81. The number of benzene rings is 1. The first-order valence-corrected chi connectivity index (χ1v) is 8.57. The van der Waals surface area contributed by atoms with Gasteiger partial charge in [-0.05, 0) is 23.6 Å². The number of piperazine rings is 3. The van der Waals surface area contributed by atoms with E-state index in [1.54, 1.807) is 0 Å². The molecule has 2 bridgehead atoms. The van der Waals surface area contributed by atoms with E-state index in [2.05, 4.69) is 41.1 Å². The van der Waals surface area contributed by atoms with E-state index in [1.807, 2.05) is 12.1 Å². The normalized spacial score (nSPS) is 26.3. The van der Waals surface area contributed by atoms with Crippen LogP contribution in [-0.2, 0) is 4.79 Å². The van der Waals surface area contributed by atoms with Gasteiger partial charge in [-0.2, -0.15) is 0 Å². The van der Waals surface area contributed by atoms with Gasteiger partial charge >= 0.3 is 0 Å². The Bertz CT molecular complexity index is 522. The number of hydrogen-bond acceptors (Lipinski definition) is 4. The fourth-order valence-electron chi connectivity index (χ4n) is 3.30. The monoisotopic (exact) mass is 317 g/mol. The lowest BCUT2D eigenvalue weighted by Crippen LogP contribution is -2.63. The minimum absolute atomic E-state index is 0.0458. The lowest BCUT2D eigenvalue weighted by Gasteiger charge is -2.47. The molecule has 0 aromatic heterocycles. The zero-order valence-corrected chi connectivity index (χ0v) is 14.1. The molecule has 3 heterocycles. The molecular weight excluding hydrogens is 290 g/mol. The van der Waals surface area contributed by atoms with Crippen LogP contribution in [0.3, 0.4) is 0 Å². The fourth-order valence-corrected chi connectivity index (χ4v) is 3.30. The van der Waals surface area contributed by atoms with Gasteiger partial charge in [0.05, 0.1) is 0 Å². The number of nitrogens with zero attached hydrogens (tertiary/aromatic N) is 2. The number of amides is 1. The second kappa shape index (κ2) is 7.32. The minimum atomic E-state index is -0.0458. The minimum Gasteiger partial charge on any atom is -0.484 e. The van der Waals surface area contributed by atoms with Crippen molar-refractivity contribution in [1.29, 1.82) is 0 Å². The van der Waals surface area contributed by atoms with Crippen molar-refractivity contribution in [2.24, 2.45) is 0 Å². The SMILES string of the molecule is CC(C)c1ccc(OCC(=O)NCC2CN3CCN2CC3)cc1. The van der Waals surface area contributed by atoms with Gasteiger partial charge in [0, 0.05) is 45.3 Å². The predicted octanol–water partition coefficient (Wildman–Crippen LogP) is 1.30. The van der Waals surface area contributed by atoms with Gasteiger partial charge in [0.2, 0.25) is 0 Å². The van der Waals surface area contributed by atoms with Crippen LogP contribution in [0.2, 0.25) is 0 Å². The van der Waals surface area contributed by atoms with E-state index in [0.717, 1.165) is 25.4 Å². The van der Waals surface area contributed by atoms with Gasteiger partial charge in [0.1, 0.15) is 5.75 Å². The lowest BCUT2D eigenvalue weighted by atomic mass is 10.0. The largest absolute Gasteiger partial charge is 0.484 e. The predicted molar refractivity (Wildman–Crippen MR) is 90.8 cm³/mol. The third kappa shape index (κ3) is 4.24. The molecule has 126 valence electrons. The quantitative estimate of drug-likeness (QED) is 0.859. The van der Waals surface area contributed by atoms with E-state index >= 15 is 0 Å². The van der Waals surface area contributed by atoms with Crippen LogP contribution in [-0.4, -0.2) is 67.6 Å². The van der Waals surface area contributed by atoms with Crippen molar-refractivity contribution < 1.29 is 9.53 Å². The molecule has 0 aliphatic carbocycles. The maximum absolute atomic E-state index is 12.0. The first kappa shape index (κ1) is 16.3. The van der Waals surface area contributed by atoms with Crippen LogP contribution in [0.5, 0.6) is 5.75 Å². The number of nitrogens with one attached hydrogen (secondary N) is 1. The molecule has 1 amide bonds. The summed E-state index contributed by atoms with van der Waals surface area (Å²) in [5, 5.41) is 3.00. The van der Waals surface area contributed by atoms with Gasteiger partial charge in [0.25, 0.3) is 5.91 Å². The highest BCUT2D eigenvalue weighted by Gasteiger charge is 2.31. The van der Waals surface area contributed by atoms with E-state index in [1.165, 1.54) is 18.7 Å². The third-order valence-corrected chi connectivity index (χ3v) is 4.84. The summed E-state index contributed by atoms with van der Waals surface area (Å²) < 4.78 is 5.57. The molecule has 5 heteroatoms. The molecule has 1 atom stereocenters. The summed E-state index contributed by atoms with van der Waals surface area (Å²) in [7, 11) is 0. The van der Waals surface area contributed by atoms with E-state index in [4.69, 9.17) is 4.74 Å². The van der Waals surface area contributed by atoms with Gasteiger partial charge in [0.15, 0.2) is 6.61 Å². The van der Waals surface area contributed by atoms with Crippen molar-refractivity contribution in [2.45, 2.75) is 25.8 Å². The highest BCUT2D eigenvalue weighted by Crippen LogP contribution is 2.18. The molecule has 3 fully saturated rings. The maximum atomic E-state index is 12.0. The number of rotatable bonds is 6. The number of carbonyl (C=O) groups excluding carboxylic acids is 1. The zero-order valence-electron chi connectivity index (χ0n) is 14.1. The van der Waals surface area contributed by atoms with Crippen LogP contribution in [0.25, 0.3) is 0 Å². The Morgan fingerprint density at radius 1 is 1.22 bits per heavy atom. The first-order chi connectivity index (χ1) is 11.1. The molecule has 1 unspecified atom stereocenters. The summed E-state index contributed by atoms with van der Waals surface area (Å²) in [6, 6.07) is 8.42. The Hall–Kier alpha value is -1.59. The molecule has 0 saturated carbocycles. The Morgan fingerprint density at radius 3 is 2.48 bits per heavy atom. The molecule has 5 nitrogen and oxygen atoms in total. The molecule has 3 aliphatic rings. The molecule has 1 aromatic rings. The zero-order chi connectivity index (χ0) is 16.2. The summed E-state index contributed by atoms with van der Waals surface area (Å²) in [5.41, 5.74) is 1.28. The molecular formula is C18H27N3O2. The molecule has 0 spiro atoms. The Morgan fingerprint density at radius 2 is 1.91 bits per heavy atom. The van der Waals surface area contributed by atoms with Gasteiger partial charge in [-0.25, -0.2) is 0 Å². The molecule has 3 saturated heterocycles. The highest BCUT2D eigenvalue weighted by molar-refractivity contribution is 5.77. The van der Waals surface area contributed by atoms with Crippen LogP contribution in [0.4, 0.5) is 0 Å². The van der Waals surface area contributed by atoms with Gasteiger partial charge in [-0.15, -0.1) is 0 Å². The summed E-state index contributed by atoms with van der Waals surface area (Å²) >= 11 is 0. The maximum Gasteiger partial charge on any atom is 0.257 e. The molecule has 23 heavy (non-hydrogen) atoms. The number of fused-ring (bicyclic) bond motifs is 3. The van der Waals surface area contributed by atoms with E-state index in [-0.39, 0.29) is 12.5 Å². The summed E-state index contributed by atoms with van der Waals surface area (Å²) in [4.78, 5) is 16.9. The van der Waals surface area contributed by atoms with Crippen molar-refractivity contribution >= 4 is 5.91 Å². The van der Waals surface area contributed by atoms with Crippen LogP contribution >= 0.6 is 0 Å². The topological polar surface area (TPSA) is 44.8 Å². The fraction of sp³-hybridized carbons (Fsp3) is 0.611. The second-order valence-corrected chi connectivity index (χ2v) is 6.81. The average molecular weight is 317 g/mol. The van der Waals surface area contributed by atoms with Gasteiger partial charge < -0.3 is 10.1 Å². The summed E-state index contributed by atoms with van der Waals surface area (Å²) in [6.45, 7) is 10.8. The third-order valence-electron chi connectivity index (χ3n) is 4.84. The highest BCUT2D eigenvalue weighted by atomic mass is 16.5. The smallest absolute Gasteiger partial charge is 0.257 e. The Balaban J connectivity index is 1.39. The van der Waals surface area contributed by atoms with Crippen molar-refractivity contribution in [3.63, 3.8) is 0 Å². The Kier molecular flexibility index (Phi) is 5.18. The van der Waals surface area contributed by atoms with Crippen molar-refractivity contribution in [1.82, 2.24) is 15.1 Å². The van der Waals surface area contributed by atoms with Gasteiger partial charge in [-0.3, -0.25) is 14.6 Å². The first-order valence-electron chi connectivity index (χ1n) is 8.57. The van der Waals surface area contributed by atoms with E-state index < -0.39 is 0 Å². The van der Waals surface area contributed by atoms with Crippen molar-refractivity contribution in [3.8, 4) is 5.75 Å².